The number of rotatable bonds is 7. The van der Waals surface area contributed by atoms with Crippen molar-refractivity contribution in [2.24, 2.45) is 0 Å². The number of thioether (sulfide) groups is 1. The van der Waals surface area contributed by atoms with E-state index in [2.05, 4.69) is 15.3 Å². The Labute approximate surface area is 170 Å². The molecule has 144 valence electrons. The van der Waals surface area contributed by atoms with Crippen molar-refractivity contribution >= 4 is 45.7 Å². The second-order valence-corrected chi connectivity index (χ2v) is 8.63. The molecule has 0 aliphatic heterocycles. The van der Waals surface area contributed by atoms with Crippen molar-refractivity contribution in [2.45, 2.75) is 30.8 Å². The van der Waals surface area contributed by atoms with Crippen LogP contribution in [0, 0.1) is 6.92 Å². The lowest BCUT2D eigenvalue weighted by molar-refractivity contribution is 0.0954. The topological polar surface area (TPSA) is 81.2 Å². The molecule has 2 aromatic heterocycles. The number of carbonyl (C=O) groups is 2. The first-order valence-electron chi connectivity index (χ1n) is 8.92. The number of methoxy groups -OCH3 is 1. The van der Waals surface area contributed by atoms with Crippen LogP contribution < -0.4 is 10.1 Å². The van der Waals surface area contributed by atoms with Gasteiger partial charge in [-0.3, -0.25) is 9.59 Å². The third-order valence-corrected chi connectivity index (χ3v) is 6.45. The zero-order chi connectivity index (χ0) is 19.7. The van der Waals surface area contributed by atoms with Gasteiger partial charge in [0.15, 0.2) is 5.78 Å². The Morgan fingerprint density at radius 3 is 2.75 bits per heavy atom. The Bertz CT molecular complexity index is 1060. The highest BCUT2D eigenvalue weighted by atomic mass is 32.2. The SMILES string of the molecule is COc1ccc2nc(C)nc(SCC(=O)c3ccc(C(=O)NC4CC4)s3)c2c1. The van der Waals surface area contributed by atoms with Crippen molar-refractivity contribution in [1.82, 2.24) is 15.3 Å². The Morgan fingerprint density at radius 1 is 1.21 bits per heavy atom. The number of benzene rings is 1. The van der Waals surface area contributed by atoms with E-state index >= 15 is 0 Å². The van der Waals surface area contributed by atoms with Crippen molar-refractivity contribution in [3.63, 3.8) is 0 Å². The van der Waals surface area contributed by atoms with Crippen molar-refractivity contribution in [3.05, 3.63) is 45.9 Å². The van der Waals surface area contributed by atoms with Crippen LogP contribution in [0.4, 0.5) is 0 Å². The minimum absolute atomic E-state index is 0.0206. The van der Waals surface area contributed by atoms with Gasteiger partial charge in [-0.2, -0.15) is 0 Å². The summed E-state index contributed by atoms with van der Waals surface area (Å²) in [6, 6.07) is 9.37. The molecule has 8 heteroatoms. The molecule has 0 unspecified atom stereocenters. The summed E-state index contributed by atoms with van der Waals surface area (Å²) in [5.41, 5.74) is 0.818. The number of nitrogens with one attached hydrogen (secondary N) is 1. The highest BCUT2D eigenvalue weighted by Gasteiger charge is 2.25. The molecule has 1 aromatic carbocycles. The number of aryl methyl sites for hydroxylation is 1. The molecule has 0 radical (unpaired) electrons. The van der Waals surface area contributed by atoms with Crippen LogP contribution in [0.3, 0.4) is 0 Å². The first-order valence-corrected chi connectivity index (χ1v) is 10.7. The maximum absolute atomic E-state index is 12.6. The normalized spacial score (nSPS) is 13.5. The van der Waals surface area contributed by atoms with E-state index in [9.17, 15) is 9.59 Å². The van der Waals surface area contributed by atoms with Crippen molar-refractivity contribution in [3.8, 4) is 5.75 Å². The van der Waals surface area contributed by atoms with Gasteiger partial charge in [0.2, 0.25) is 0 Å². The smallest absolute Gasteiger partial charge is 0.261 e. The summed E-state index contributed by atoms with van der Waals surface area (Å²) in [7, 11) is 1.61. The third-order valence-electron chi connectivity index (χ3n) is 4.34. The number of Topliss-reactive ketones (excluding diaryl/α,β-unsaturated/α-hetero) is 1. The summed E-state index contributed by atoms with van der Waals surface area (Å²) in [5.74, 6) is 1.50. The van der Waals surface area contributed by atoms with Gasteiger partial charge < -0.3 is 10.1 Å². The highest BCUT2D eigenvalue weighted by Crippen LogP contribution is 2.30. The average molecular weight is 414 g/mol. The fraction of sp³-hybridized carbons (Fsp3) is 0.300. The molecule has 2 heterocycles. The van der Waals surface area contributed by atoms with E-state index < -0.39 is 0 Å². The molecule has 1 fully saturated rings. The number of carbonyl (C=O) groups excluding carboxylic acids is 2. The van der Waals surface area contributed by atoms with Gasteiger partial charge in [0.25, 0.3) is 5.91 Å². The second kappa shape index (κ2) is 7.89. The van der Waals surface area contributed by atoms with Crippen LogP contribution >= 0.6 is 23.1 Å². The molecule has 0 saturated heterocycles. The van der Waals surface area contributed by atoms with E-state index in [1.54, 1.807) is 19.2 Å². The molecule has 0 atom stereocenters. The third kappa shape index (κ3) is 4.18. The maximum atomic E-state index is 12.6. The molecular weight excluding hydrogens is 394 g/mol. The number of hydrogen-bond acceptors (Lipinski definition) is 7. The molecule has 1 aliphatic rings. The van der Waals surface area contributed by atoms with Gasteiger partial charge in [0.1, 0.15) is 16.6 Å². The van der Waals surface area contributed by atoms with Crippen LogP contribution in [-0.2, 0) is 0 Å². The summed E-state index contributed by atoms with van der Waals surface area (Å²) in [4.78, 5) is 34.8. The van der Waals surface area contributed by atoms with Crippen LogP contribution in [0.1, 0.15) is 38.0 Å². The number of nitrogens with zero attached hydrogens (tertiary/aromatic N) is 2. The van der Waals surface area contributed by atoms with E-state index in [0.29, 0.717) is 21.6 Å². The summed E-state index contributed by atoms with van der Waals surface area (Å²) in [6.07, 6.45) is 2.08. The first kappa shape index (κ1) is 18.9. The van der Waals surface area contributed by atoms with Gasteiger partial charge >= 0.3 is 0 Å². The molecule has 3 aromatic rings. The molecular formula is C20H19N3O3S2. The van der Waals surface area contributed by atoms with Gasteiger partial charge in [-0.05, 0) is 50.1 Å². The van der Waals surface area contributed by atoms with Crippen LogP contribution in [0.5, 0.6) is 5.75 Å². The Balaban J connectivity index is 1.49. The lowest BCUT2D eigenvalue weighted by atomic mass is 10.2. The molecule has 6 nitrogen and oxygen atoms in total. The lowest BCUT2D eigenvalue weighted by Gasteiger charge is -2.08. The number of amides is 1. The average Bonchev–Trinajstić information content (AvgIpc) is 3.36. The molecule has 1 amide bonds. The fourth-order valence-electron chi connectivity index (χ4n) is 2.73. The van der Waals surface area contributed by atoms with Gasteiger partial charge in [0.05, 0.1) is 28.1 Å². The van der Waals surface area contributed by atoms with Gasteiger partial charge in [-0.15, -0.1) is 11.3 Å². The van der Waals surface area contributed by atoms with Gasteiger partial charge in [-0.25, -0.2) is 9.97 Å². The monoisotopic (exact) mass is 413 g/mol. The zero-order valence-electron chi connectivity index (χ0n) is 15.5. The minimum Gasteiger partial charge on any atom is -0.497 e. The largest absolute Gasteiger partial charge is 0.497 e. The predicted octanol–water partition coefficient (Wildman–Crippen LogP) is 3.88. The van der Waals surface area contributed by atoms with Crippen LogP contribution in [0.2, 0.25) is 0 Å². The predicted molar refractivity (Wildman–Crippen MR) is 111 cm³/mol. The highest BCUT2D eigenvalue weighted by molar-refractivity contribution is 8.00. The summed E-state index contributed by atoms with van der Waals surface area (Å²) < 4.78 is 5.29. The molecule has 28 heavy (non-hydrogen) atoms. The number of hydrogen-bond donors (Lipinski definition) is 1. The summed E-state index contributed by atoms with van der Waals surface area (Å²) in [6.45, 7) is 1.83. The summed E-state index contributed by atoms with van der Waals surface area (Å²) in [5, 5.41) is 4.55. The van der Waals surface area contributed by atoms with Crippen LogP contribution in [-0.4, -0.2) is 40.6 Å². The molecule has 1 aliphatic carbocycles. The Hall–Kier alpha value is -2.45. The standard InChI is InChI=1S/C20H19N3O3S2/c1-11-21-15-6-5-13(26-2)9-14(15)20(22-11)27-10-16(24)17-7-8-18(28-17)19(25)23-12-3-4-12/h5-9,12H,3-4,10H2,1-2H3,(H,23,25). The van der Waals surface area contributed by atoms with Crippen LogP contribution in [0.25, 0.3) is 10.9 Å². The van der Waals surface area contributed by atoms with Crippen LogP contribution in [0.15, 0.2) is 35.4 Å². The van der Waals surface area contributed by atoms with E-state index in [-0.39, 0.29) is 17.4 Å². The second-order valence-electron chi connectivity index (χ2n) is 6.58. The molecule has 4 rings (SSSR count). The maximum Gasteiger partial charge on any atom is 0.261 e. The lowest BCUT2D eigenvalue weighted by Crippen LogP contribution is -2.24. The molecule has 1 saturated carbocycles. The Morgan fingerprint density at radius 2 is 2.00 bits per heavy atom. The van der Waals surface area contributed by atoms with Gasteiger partial charge in [0, 0.05) is 11.4 Å². The first-order chi connectivity index (χ1) is 13.5. The van der Waals surface area contributed by atoms with E-state index in [1.165, 1.54) is 23.1 Å². The van der Waals surface area contributed by atoms with Crippen molar-refractivity contribution < 1.29 is 14.3 Å². The molecule has 1 N–H and O–H groups in total. The number of fused-ring (bicyclic) bond motifs is 1. The fourth-order valence-corrected chi connectivity index (χ4v) is 4.60. The van der Waals surface area contributed by atoms with E-state index in [4.69, 9.17) is 4.74 Å². The van der Waals surface area contributed by atoms with Crippen molar-refractivity contribution in [2.75, 3.05) is 12.9 Å². The quantitative estimate of drug-likeness (QED) is 0.360. The van der Waals surface area contributed by atoms with E-state index in [1.807, 2.05) is 25.1 Å². The molecule has 0 bridgehead atoms. The van der Waals surface area contributed by atoms with E-state index in [0.717, 1.165) is 34.5 Å². The Kier molecular flexibility index (Phi) is 5.32. The number of thiophene rings is 1. The number of ketones is 1. The zero-order valence-corrected chi connectivity index (χ0v) is 17.2. The van der Waals surface area contributed by atoms with Gasteiger partial charge in [-0.1, -0.05) is 11.8 Å². The molecule has 0 spiro atoms. The van der Waals surface area contributed by atoms with Crippen molar-refractivity contribution in [1.29, 1.82) is 0 Å². The minimum atomic E-state index is -0.0938. The summed E-state index contributed by atoms with van der Waals surface area (Å²) >= 11 is 2.61. The number of ether oxygens (including phenoxy) is 1. The number of aromatic nitrogens is 2.